The maximum Gasteiger partial charge on any atom is 0.259 e. The molecule has 0 radical (unpaired) electrons. The van der Waals surface area contributed by atoms with Crippen molar-refractivity contribution in [2.75, 3.05) is 11.6 Å². The van der Waals surface area contributed by atoms with Gasteiger partial charge in [0, 0.05) is 11.9 Å². The molecule has 0 aliphatic rings. The fraction of sp³-hybridized carbons (Fsp3) is 0.200. The van der Waals surface area contributed by atoms with Crippen LogP contribution in [-0.2, 0) is 9.84 Å². The summed E-state index contributed by atoms with van der Waals surface area (Å²) in [5.74, 6) is -0.332. The molecule has 0 aliphatic carbocycles. The summed E-state index contributed by atoms with van der Waals surface area (Å²) in [6.45, 7) is 5.62. The van der Waals surface area contributed by atoms with Crippen molar-refractivity contribution in [3.63, 3.8) is 0 Å². The predicted molar refractivity (Wildman–Crippen MR) is 105 cm³/mol. The summed E-state index contributed by atoms with van der Waals surface area (Å²) in [5, 5.41) is 7.15. The SMILES string of the molecule is Cc1ccc(S(C)(=O)=O)cc1NC(=O)c1cnn(-c2ccccc2C)c1C. The molecule has 3 aromatic rings. The number of benzene rings is 2. The molecule has 0 bridgehead atoms. The van der Waals surface area contributed by atoms with Crippen LogP contribution in [0.2, 0.25) is 0 Å². The Labute approximate surface area is 158 Å². The van der Waals surface area contributed by atoms with Gasteiger partial charge in [0.2, 0.25) is 0 Å². The molecule has 0 saturated carbocycles. The maximum absolute atomic E-state index is 12.8. The van der Waals surface area contributed by atoms with Crippen LogP contribution in [-0.4, -0.2) is 30.4 Å². The van der Waals surface area contributed by atoms with Gasteiger partial charge >= 0.3 is 0 Å². The Morgan fingerprint density at radius 1 is 1.04 bits per heavy atom. The van der Waals surface area contributed by atoms with Crippen LogP contribution in [0.1, 0.15) is 27.2 Å². The number of carbonyl (C=O) groups excluding carboxylic acids is 1. The normalized spacial score (nSPS) is 11.4. The summed E-state index contributed by atoms with van der Waals surface area (Å²) in [4.78, 5) is 12.9. The van der Waals surface area contributed by atoms with E-state index in [2.05, 4.69) is 10.4 Å². The number of hydrogen-bond donors (Lipinski definition) is 1. The third kappa shape index (κ3) is 3.78. The zero-order valence-corrected chi connectivity index (χ0v) is 16.5. The second-order valence-corrected chi connectivity index (χ2v) is 8.56. The molecule has 0 spiro atoms. The van der Waals surface area contributed by atoms with Gasteiger partial charge < -0.3 is 5.32 Å². The molecule has 27 heavy (non-hydrogen) atoms. The lowest BCUT2D eigenvalue weighted by Crippen LogP contribution is -2.14. The van der Waals surface area contributed by atoms with Gasteiger partial charge in [-0.15, -0.1) is 0 Å². The molecule has 0 unspecified atom stereocenters. The Morgan fingerprint density at radius 2 is 1.74 bits per heavy atom. The first-order valence-corrected chi connectivity index (χ1v) is 10.3. The average Bonchev–Trinajstić information content (AvgIpc) is 2.97. The summed E-state index contributed by atoms with van der Waals surface area (Å²) in [6, 6.07) is 12.5. The number of carbonyl (C=O) groups is 1. The van der Waals surface area contributed by atoms with E-state index in [1.165, 1.54) is 18.3 Å². The van der Waals surface area contributed by atoms with Crippen molar-refractivity contribution in [3.05, 3.63) is 71.0 Å². The Bertz CT molecular complexity index is 1130. The van der Waals surface area contributed by atoms with Crippen LogP contribution < -0.4 is 5.32 Å². The van der Waals surface area contributed by atoms with Crippen molar-refractivity contribution in [1.82, 2.24) is 9.78 Å². The molecule has 0 atom stereocenters. The monoisotopic (exact) mass is 383 g/mol. The highest BCUT2D eigenvalue weighted by Crippen LogP contribution is 2.22. The Hall–Kier alpha value is -2.93. The Balaban J connectivity index is 1.94. The van der Waals surface area contributed by atoms with E-state index in [1.54, 1.807) is 10.7 Å². The highest BCUT2D eigenvalue weighted by Gasteiger charge is 2.18. The zero-order valence-electron chi connectivity index (χ0n) is 15.6. The van der Waals surface area contributed by atoms with E-state index < -0.39 is 9.84 Å². The summed E-state index contributed by atoms with van der Waals surface area (Å²) in [5.41, 5.74) is 4.34. The summed E-state index contributed by atoms with van der Waals surface area (Å²) in [7, 11) is -3.36. The molecule has 1 heterocycles. The smallest absolute Gasteiger partial charge is 0.259 e. The van der Waals surface area contributed by atoms with Crippen LogP contribution in [0.25, 0.3) is 5.69 Å². The van der Waals surface area contributed by atoms with Gasteiger partial charge in [-0.1, -0.05) is 24.3 Å². The van der Waals surface area contributed by atoms with Crippen LogP contribution in [0, 0.1) is 20.8 Å². The van der Waals surface area contributed by atoms with E-state index in [0.29, 0.717) is 16.9 Å². The molecular formula is C20H21N3O3S. The quantitative estimate of drug-likeness (QED) is 0.748. The first-order valence-electron chi connectivity index (χ1n) is 8.41. The van der Waals surface area contributed by atoms with Crippen molar-refractivity contribution < 1.29 is 13.2 Å². The van der Waals surface area contributed by atoms with E-state index in [-0.39, 0.29) is 10.8 Å². The van der Waals surface area contributed by atoms with Crippen molar-refractivity contribution in [3.8, 4) is 5.69 Å². The molecule has 7 heteroatoms. The molecular weight excluding hydrogens is 362 g/mol. The fourth-order valence-corrected chi connectivity index (χ4v) is 3.48. The summed E-state index contributed by atoms with van der Waals surface area (Å²) in [6.07, 6.45) is 2.66. The average molecular weight is 383 g/mol. The van der Waals surface area contributed by atoms with Gasteiger partial charge in [-0.05, 0) is 50.1 Å². The lowest BCUT2D eigenvalue weighted by atomic mass is 10.1. The van der Waals surface area contributed by atoms with E-state index in [0.717, 1.165) is 23.1 Å². The molecule has 1 aromatic heterocycles. The highest BCUT2D eigenvalue weighted by atomic mass is 32.2. The van der Waals surface area contributed by atoms with E-state index in [9.17, 15) is 13.2 Å². The molecule has 1 amide bonds. The second kappa shape index (κ2) is 7.00. The number of anilines is 1. The number of sulfone groups is 1. The topological polar surface area (TPSA) is 81.1 Å². The first kappa shape index (κ1) is 18.8. The number of para-hydroxylation sites is 1. The Kier molecular flexibility index (Phi) is 4.89. The predicted octanol–water partition coefficient (Wildman–Crippen LogP) is 3.45. The highest BCUT2D eigenvalue weighted by molar-refractivity contribution is 7.90. The van der Waals surface area contributed by atoms with Crippen LogP contribution in [0.3, 0.4) is 0 Å². The number of aryl methyl sites for hydroxylation is 2. The number of hydrogen-bond acceptors (Lipinski definition) is 4. The second-order valence-electron chi connectivity index (χ2n) is 6.54. The van der Waals surface area contributed by atoms with Crippen molar-refractivity contribution in [2.24, 2.45) is 0 Å². The van der Waals surface area contributed by atoms with Gasteiger partial charge in [-0.2, -0.15) is 5.10 Å². The fourth-order valence-electron chi connectivity index (χ4n) is 2.83. The number of nitrogens with zero attached hydrogens (tertiary/aromatic N) is 2. The van der Waals surface area contributed by atoms with Gasteiger partial charge in [0.1, 0.15) is 0 Å². The molecule has 6 nitrogen and oxygen atoms in total. The molecule has 140 valence electrons. The molecule has 1 N–H and O–H groups in total. The lowest BCUT2D eigenvalue weighted by molar-refractivity contribution is 0.102. The van der Waals surface area contributed by atoms with Crippen molar-refractivity contribution >= 4 is 21.4 Å². The van der Waals surface area contributed by atoms with Crippen LogP contribution in [0.15, 0.2) is 53.6 Å². The number of amides is 1. The summed E-state index contributed by atoms with van der Waals surface area (Å²) < 4.78 is 25.3. The molecule has 0 fully saturated rings. The molecule has 2 aromatic carbocycles. The minimum atomic E-state index is -3.36. The van der Waals surface area contributed by atoms with E-state index in [1.807, 2.05) is 45.0 Å². The van der Waals surface area contributed by atoms with Crippen LogP contribution >= 0.6 is 0 Å². The minimum absolute atomic E-state index is 0.163. The minimum Gasteiger partial charge on any atom is -0.322 e. The lowest BCUT2D eigenvalue weighted by Gasteiger charge is -2.11. The molecule has 0 saturated heterocycles. The van der Waals surface area contributed by atoms with Crippen molar-refractivity contribution in [2.45, 2.75) is 25.7 Å². The molecule has 0 aliphatic heterocycles. The largest absolute Gasteiger partial charge is 0.322 e. The number of nitrogens with one attached hydrogen (secondary N) is 1. The van der Waals surface area contributed by atoms with Crippen molar-refractivity contribution in [1.29, 1.82) is 0 Å². The van der Waals surface area contributed by atoms with E-state index in [4.69, 9.17) is 0 Å². The third-order valence-electron chi connectivity index (χ3n) is 4.48. The van der Waals surface area contributed by atoms with Crippen LogP contribution in [0.5, 0.6) is 0 Å². The number of aromatic nitrogens is 2. The maximum atomic E-state index is 12.8. The third-order valence-corrected chi connectivity index (χ3v) is 5.59. The van der Waals surface area contributed by atoms with E-state index >= 15 is 0 Å². The summed E-state index contributed by atoms with van der Waals surface area (Å²) >= 11 is 0. The number of rotatable bonds is 4. The van der Waals surface area contributed by atoms with Crippen LogP contribution in [0.4, 0.5) is 5.69 Å². The first-order chi connectivity index (χ1) is 12.7. The van der Waals surface area contributed by atoms with Gasteiger partial charge in [-0.3, -0.25) is 4.79 Å². The zero-order chi connectivity index (χ0) is 19.8. The molecule has 3 rings (SSSR count). The van der Waals surface area contributed by atoms with Gasteiger partial charge in [0.05, 0.1) is 28.0 Å². The standard InChI is InChI=1S/C20H21N3O3S/c1-13-9-10-16(27(4,25)26)11-18(13)22-20(24)17-12-21-23(15(17)3)19-8-6-5-7-14(19)2/h5-12H,1-4H3,(H,22,24). The van der Waals surface area contributed by atoms with Gasteiger partial charge in [0.25, 0.3) is 5.91 Å². The van der Waals surface area contributed by atoms with Gasteiger partial charge in [0.15, 0.2) is 9.84 Å². The Morgan fingerprint density at radius 3 is 2.41 bits per heavy atom. The van der Waals surface area contributed by atoms with Gasteiger partial charge in [-0.25, -0.2) is 13.1 Å².